The first-order chi connectivity index (χ1) is 6.70. The maximum absolute atomic E-state index is 11.1. The van der Waals surface area contributed by atoms with Crippen LogP contribution in [0.25, 0.3) is 0 Å². The van der Waals surface area contributed by atoms with Crippen LogP contribution in [-0.2, 0) is 0 Å². The Labute approximate surface area is 80.7 Å². The van der Waals surface area contributed by atoms with Crippen LogP contribution in [0, 0.1) is 6.92 Å². The number of hydrogen-bond acceptors (Lipinski definition) is 3. The molecule has 0 fully saturated rings. The van der Waals surface area contributed by atoms with Crippen LogP contribution in [0.4, 0.5) is 11.4 Å². The van der Waals surface area contributed by atoms with Crippen LogP contribution in [0.5, 0.6) is 0 Å². The highest BCUT2D eigenvalue weighted by Crippen LogP contribution is 2.14. The number of rotatable bonds is 2. The van der Waals surface area contributed by atoms with Gasteiger partial charge in [0.15, 0.2) is 0 Å². The van der Waals surface area contributed by atoms with Crippen molar-refractivity contribution in [3.8, 4) is 0 Å². The van der Waals surface area contributed by atoms with E-state index in [-0.39, 0.29) is 5.43 Å². The predicted octanol–water partition coefficient (Wildman–Crippen LogP) is 1.33. The smallest absolute Gasteiger partial charge is 0.249 e. The summed E-state index contributed by atoms with van der Waals surface area (Å²) < 4.78 is 0. The fraction of sp³-hybridized carbons (Fsp3) is 0.0909. The average Bonchev–Trinajstić information content (AvgIpc) is 2.26. The molecule has 3 nitrogen and oxygen atoms in total. The molecule has 1 N–H and O–H groups in total. The average molecular weight is 187 g/mol. The predicted molar refractivity (Wildman–Crippen MR) is 55.8 cm³/mol. The molecule has 0 aromatic heterocycles. The van der Waals surface area contributed by atoms with Crippen molar-refractivity contribution >= 4 is 11.4 Å². The minimum absolute atomic E-state index is 0.386. The molecule has 0 amide bonds. The second kappa shape index (κ2) is 3.10. The van der Waals surface area contributed by atoms with E-state index >= 15 is 0 Å². The summed E-state index contributed by atoms with van der Waals surface area (Å²) in [6, 6.07) is 9.30. The first-order valence-electron chi connectivity index (χ1n) is 4.32. The van der Waals surface area contributed by atoms with Gasteiger partial charge in [-0.25, -0.2) is 0 Å². The molecule has 2 rings (SSSR count). The van der Waals surface area contributed by atoms with E-state index < -0.39 is 5.43 Å². The monoisotopic (exact) mass is 187 g/mol. The third kappa shape index (κ3) is 1.23. The lowest BCUT2D eigenvalue weighted by Crippen LogP contribution is -2.35. The van der Waals surface area contributed by atoms with Crippen molar-refractivity contribution in [3.63, 3.8) is 0 Å². The van der Waals surface area contributed by atoms with E-state index in [1.165, 1.54) is 0 Å². The largest absolute Gasteiger partial charge is 0.352 e. The van der Waals surface area contributed by atoms with Gasteiger partial charge in [-0.1, -0.05) is 18.2 Å². The zero-order valence-electron chi connectivity index (χ0n) is 7.70. The maximum Gasteiger partial charge on any atom is 0.249 e. The lowest BCUT2D eigenvalue weighted by atomic mass is 10.1. The second-order valence-corrected chi connectivity index (χ2v) is 3.15. The SMILES string of the molecule is Cc1c(Nc2ccccc2)c(=O)c1=O. The summed E-state index contributed by atoms with van der Waals surface area (Å²) in [6.07, 6.45) is 0. The highest BCUT2D eigenvalue weighted by atomic mass is 16.2. The van der Waals surface area contributed by atoms with Crippen LogP contribution >= 0.6 is 0 Å². The molecule has 0 radical (unpaired) electrons. The molecular formula is C11H9NO2. The van der Waals surface area contributed by atoms with Crippen molar-refractivity contribution in [2.24, 2.45) is 0 Å². The van der Waals surface area contributed by atoms with Gasteiger partial charge in [-0.2, -0.15) is 0 Å². The summed E-state index contributed by atoms with van der Waals surface area (Å²) in [5.74, 6) is 0. The molecule has 0 aliphatic rings. The molecule has 2 aromatic rings. The molecule has 0 unspecified atom stereocenters. The summed E-state index contributed by atoms with van der Waals surface area (Å²) in [5.41, 5.74) is 0.942. The van der Waals surface area contributed by atoms with Gasteiger partial charge >= 0.3 is 0 Å². The van der Waals surface area contributed by atoms with Gasteiger partial charge < -0.3 is 5.32 Å². The Hall–Kier alpha value is -1.90. The van der Waals surface area contributed by atoms with E-state index in [0.29, 0.717) is 11.3 Å². The molecule has 0 aliphatic heterocycles. The number of benzene rings is 1. The number of nitrogens with one attached hydrogen (secondary N) is 1. The first-order valence-corrected chi connectivity index (χ1v) is 4.32. The topological polar surface area (TPSA) is 46.2 Å². The molecule has 0 atom stereocenters. The van der Waals surface area contributed by atoms with Gasteiger partial charge in [0.2, 0.25) is 10.9 Å². The highest BCUT2D eigenvalue weighted by molar-refractivity contribution is 5.65. The van der Waals surface area contributed by atoms with Gasteiger partial charge in [0.1, 0.15) is 0 Å². The Kier molecular flexibility index (Phi) is 1.93. The Bertz CT molecular complexity index is 522. The lowest BCUT2D eigenvalue weighted by Gasteiger charge is -2.09. The highest BCUT2D eigenvalue weighted by Gasteiger charge is 2.15. The zero-order chi connectivity index (χ0) is 10.1. The van der Waals surface area contributed by atoms with Crippen molar-refractivity contribution in [2.45, 2.75) is 6.92 Å². The van der Waals surface area contributed by atoms with Crippen molar-refractivity contribution in [1.82, 2.24) is 0 Å². The first kappa shape index (κ1) is 8.69. The van der Waals surface area contributed by atoms with Crippen LogP contribution in [0.1, 0.15) is 5.56 Å². The van der Waals surface area contributed by atoms with Crippen molar-refractivity contribution in [1.29, 1.82) is 0 Å². The third-order valence-electron chi connectivity index (χ3n) is 2.19. The normalized spacial score (nSPS) is 10.4. The van der Waals surface area contributed by atoms with E-state index in [1.807, 2.05) is 30.3 Å². The summed E-state index contributed by atoms with van der Waals surface area (Å²) in [7, 11) is 0. The zero-order valence-corrected chi connectivity index (χ0v) is 7.70. The van der Waals surface area contributed by atoms with E-state index in [0.717, 1.165) is 5.69 Å². The molecular weight excluding hydrogens is 178 g/mol. The quantitative estimate of drug-likeness (QED) is 0.721. The molecule has 0 spiro atoms. The Morgan fingerprint density at radius 3 is 2.21 bits per heavy atom. The van der Waals surface area contributed by atoms with E-state index in [4.69, 9.17) is 0 Å². The van der Waals surface area contributed by atoms with Gasteiger partial charge in [0.05, 0.1) is 5.69 Å². The second-order valence-electron chi connectivity index (χ2n) is 3.15. The molecule has 14 heavy (non-hydrogen) atoms. The minimum Gasteiger partial charge on any atom is -0.352 e. The Morgan fingerprint density at radius 1 is 1.00 bits per heavy atom. The number of anilines is 2. The van der Waals surface area contributed by atoms with Gasteiger partial charge in [0, 0.05) is 11.3 Å². The summed E-state index contributed by atoms with van der Waals surface area (Å²) in [4.78, 5) is 22.0. The Morgan fingerprint density at radius 2 is 1.64 bits per heavy atom. The van der Waals surface area contributed by atoms with E-state index in [9.17, 15) is 9.59 Å². The molecule has 0 bridgehead atoms. The van der Waals surface area contributed by atoms with Crippen LogP contribution in [0.2, 0.25) is 0 Å². The molecule has 0 aliphatic carbocycles. The summed E-state index contributed by atoms with van der Waals surface area (Å²) >= 11 is 0. The maximum atomic E-state index is 11.1. The van der Waals surface area contributed by atoms with Crippen LogP contribution in [0.3, 0.4) is 0 Å². The number of para-hydroxylation sites is 1. The third-order valence-corrected chi connectivity index (χ3v) is 2.19. The number of hydrogen-bond donors (Lipinski definition) is 1. The van der Waals surface area contributed by atoms with Crippen molar-refractivity contribution < 1.29 is 0 Å². The molecule has 3 heteroatoms. The molecule has 2 aromatic carbocycles. The molecule has 70 valence electrons. The van der Waals surface area contributed by atoms with E-state index in [1.54, 1.807) is 6.92 Å². The lowest BCUT2D eigenvalue weighted by molar-refractivity contribution is 1.27. The van der Waals surface area contributed by atoms with Gasteiger partial charge in [-0.3, -0.25) is 9.59 Å². The molecule has 0 saturated heterocycles. The standard InChI is InChI=1S/C11H9NO2/c1-7-9(11(14)10(7)13)12-8-5-3-2-4-6-8/h2-6,12H,1H3. The van der Waals surface area contributed by atoms with Crippen molar-refractivity contribution in [3.05, 3.63) is 56.3 Å². The van der Waals surface area contributed by atoms with Gasteiger partial charge in [-0.05, 0) is 19.1 Å². The van der Waals surface area contributed by atoms with Crippen LogP contribution < -0.4 is 16.2 Å². The fourth-order valence-corrected chi connectivity index (χ4v) is 1.32. The van der Waals surface area contributed by atoms with E-state index in [2.05, 4.69) is 5.32 Å². The van der Waals surface area contributed by atoms with Gasteiger partial charge in [-0.15, -0.1) is 0 Å². The van der Waals surface area contributed by atoms with Crippen molar-refractivity contribution in [2.75, 3.05) is 5.32 Å². The van der Waals surface area contributed by atoms with Crippen LogP contribution in [-0.4, -0.2) is 0 Å². The Balaban J connectivity index is 2.30. The minimum atomic E-state index is -0.425. The van der Waals surface area contributed by atoms with Crippen LogP contribution in [0.15, 0.2) is 39.9 Å². The molecule has 0 saturated carbocycles. The molecule has 0 heterocycles. The van der Waals surface area contributed by atoms with Gasteiger partial charge in [0.25, 0.3) is 0 Å². The summed E-state index contributed by atoms with van der Waals surface area (Å²) in [6.45, 7) is 1.65. The fourth-order valence-electron chi connectivity index (χ4n) is 1.32. The summed E-state index contributed by atoms with van der Waals surface area (Å²) in [5, 5.41) is 2.92.